The van der Waals surface area contributed by atoms with Crippen LogP contribution in [0.3, 0.4) is 0 Å². The van der Waals surface area contributed by atoms with Crippen molar-refractivity contribution in [1.82, 2.24) is 25.1 Å². The maximum Gasteiger partial charge on any atom is 0.241 e. The number of nitrogens with one attached hydrogen (secondary N) is 2. The van der Waals surface area contributed by atoms with Gasteiger partial charge in [-0.15, -0.1) is 0 Å². The summed E-state index contributed by atoms with van der Waals surface area (Å²) in [7, 11) is 0. The van der Waals surface area contributed by atoms with Gasteiger partial charge in [-0.25, -0.2) is 4.98 Å². The van der Waals surface area contributed by atoms with Gasteiger partial charge < -0.3 is 10.3 Å². The average molecular weight is 247 g/mol. The monoisotopic (exact) mass is 247 g/mol. The van der Waals surface area contributed by atoms with E-state index in [0.717, 1.165) is 17.2 Å². The molecule has 0 aliphatic rings. The normalized spacial score (nSPS) is 10.6. The topological polar surface area (TPSA) is 75.6 Å². The SMILES string of the molecule is Cc1cc(C)n(CC(=O)NCCc2ncc[nH]2)n1. The van der Waals surface area contributed by atoms with Crippen LogP contribution in [0.15, 0.2) is 18.5 Å². The van der Waals surface area contributed by atoms with Gasteiger partial charge in [0.1, 0.15) is 12.4 Å². The Balaban J connectivity index is 1.77. The third kappa shape index (κ3) is 3.19. The maximum absolute atomic E-state index is 11.7. The summed E-state index contributed by atoms with van der Waals surface area (Å²) in [6.07, 6.45) is 4.18. The number of aryl methyl sites for hydroxylation is 2. The molecule has 0 saturated carbocycles. The minimum absolute atomic E-state index is 0.0345. The molecule has 0 spiro atoms. The smallest absolute Gasteiger partial charge is 0.241 e. The lowest BCUT2D eigenvalue weighted by molar-refractivity contribution is -0.121. The molecule has 0 aromatic carbocycles. The predicted molar refractivity (Wildman–Crippen MR) is 67.0 cm³/mol. The highest BCUT2D eigenvalue weighted by Gasteiger charge is 2.06. The largest absolute Gasteiger partial charge is 0.354 e. The summed E-state index contributed by atoms with van der Waals surface area (Å²) >= 11 is 0. The van der Waals surface area contributed by atoms with Crippen LogP contribution in [0.25, 0.3) is 0 Å². The minimum atomic E-state index is -0.0345. The second-order valence-electron chi connectivity index (χ2n) is 4.22. The summed E-state index contributed by atoms with van der Waals surface area (Å²) in [5.74, 6) is 0.842. The van der Waals surface area contributed by atoms with Gasteiger partial charge in [-0.1, -0.05) is 0 Å². The van der Waals surface area contributed by atoms with Crippen LogP contribution in [0, 0.1) is 13.8 Å². The highest BCUT2D eigenvalue weighted by atomic mass is 16.2. The molecule has 0 radical (unpaired) electrons. The summed E-state index contributed by atoms with van der Waals surface area (Å²) in [6.45, 7) is 4.69. The summed E-state index contributed by atoms with van der Waals surface area (Å²) in [5, 5.41) is 7.09. The number of hydrogen-bond acceptors (Lipinski definition) is 3. The summed E-state index contributed by atoms with van der Waals surface area (Å²) < 4.78 is 1.71. The zero-order valence-corrected chi connectivity index (χ0v) is 10.6. The Labute approximate surface area is 105 Å². The Morgan fingerprint density at radius 2 is 2.33 bits per heavy atom. The maximum atomic E-state index is 11.7. The van der Waals surface area contributed by atoms with E-state index in [1.165, 1.54) is 0 Å². The van der Waals surface area contributed by atoms with Gasteiger partial charge >= 0.3 is 0 Å². The van der Waals surface area contributed by atoms with Gasteiger partial charge in [0.2, 0.25) is 5.91 Å². The molecule has 6 nitrogen and oxygen atoms in total. The van der Waals surface area contributed by atoms with Crippen LogP contribution in [0.4, 0.5) is 0 Å². The van der Waals surface area contributed by atoms with Crippen molar-refractivity contribution in [1.29, 1.82) is 0 Å². The fourth-order valence-electron chi connectivity index (χ4n) is 1.78. The van der Waals surface area contributed by atoms with E-state index in [9.17, 15) is 4.79 Å². The van der Waals surface area contributed by atoms with Crippen molar-refractivity contribution in [2.75, 3.05) is 6.54 Å². The van der Waals surface area contributed by atoms with Crippen LogP contribution < -0.4 is 5.32 Å². The summed E-state index contributed by atoms with van der Waals surface area (Å²) in [5.41, 5.74) is 1.92. The first-order chi connectivity index (χ1) is 8.65. The molecule has 1 amide bonds. The summed E-state index contributed by atoms with van der Waals surface area (Å²) in [4.78, 5) is 18.8. The average Bonchev–Trinajstić information content (AvgIpc) is 2.90. The fourth-order valence-corrected chi connectivity index (χ4v) is 1.78. The van der Waals surface area contributed by atoms with Crippen LogP contribution in [0.1, 0.15) is 17.2 Å². The standard InChI is InChI=1S/C12H17N5O/c1-9-7-10(2)17(16-9)8-12(18)15-4-3-11-13-5-6-14-11/h5-7H,3-4,8H2,1-2H3,(H,13,14)(H,15,18). The highest BCUT2D eigenvalue weighted by Crippen LogP contribution is 2.00. The molecular formula is C12H17N5O. The molecule has 0 unspecified atom stereocenters. The van der Waals surface area contributed by atoms with Crippen molar-refractivity contribution in [2.45, 2.75) is 26.8 Å². The molecule has 0 bridgehead atoms. The van der Waals surface area contributed by atoms with Gasteiger partial charge in [-0.05, 0) is 19.9 Å². The minimum Gasteiger partial charge on any atom is -0.354 e. The molecule has 0 fully saturated rings. The Hall–Kier alpha value is -2.11. The van der Waals surface area contributed by atoms with E-state index in [2.05, 4.69) is 20.4 Å². The third-order valence-electron chi connectivity index (χ3n) is 2.64. The molecule has 0 saturated heterocycles. The van der Waals surface area contributed by atoms with Crippen molar-refractivity contribution >= 4 is 5.91 Å². The van der Waals surface area contributed by atoms with Crippen molar-refractivity contribution in [3.63, 3.8) is 0 Å². The van der Waals surface area contributed by atoms with Crippen LogP contribution in [-0.4, -0.2) is 32.2 Å². The number of amides is 1. The molecule has 2 N–H and O–H groups in total. The second-order valence-corrected chi connectivity index (χ2v) is 4.22. The number of aromatic nitrogens is 4. The lowest BCUT2D eigenvalue weighted by atomic mass is 10.4. The molecule has 2 heterocycles. The molecule has 2 aromatic rings. The van der Waals surface area contributed by atoms with Crippen LogP contribution >= 0.6 is 0 Å². The van der Waals surface area contributed by atoms with Gasteiger partial charge in [0.05, 0.1) is 5.69 Å². The van der Waals surface area contributed by atoms with E-state index in [1.54, 1.807) is 17.1 Å². The first kappa shape index (κ1) is 12.3. The van der Waals surface area contributed by atoms with Crippen molar-refractivity contribution < 1.29 is 4.79 Å². The van der Waals surface area contributed by atoms with Gasteiger partial charge in [-0.3, -0.25) is 9.48 Å². The van der Waals surface area contributed by atoms with E-state index in [1.807, 2.05) is 19.9 Å². The number of nitrogens with zero attached hydrogens (tertiary/aromatic N) is 3. The zero-order valence-electron chi connectivity index (χ0n) is 10.6. The second kappa shape index (κ2) is 5.48. The van der Waals surface area contributed by atoms with Crippen molar-refractivity contribution in [2.24, 2.45) is 0 Å². The number of H-pyrrole nitrogens is 1. The van der Waals surface area contributed by atoms with Crippen molar-refractivity contribution in [3.8, 4) is 0 Å². The zero-order chi connectivity index (χ0) is 13.0. The van der Waals surface area contributed by atoms with E-state index < -0.39 is 0 Å². The highest BCUT2D eigenvalue weighted by molar-refractivity contribution is 5.75. The van der Waals surface area contributed by atoms with Gasteiger partial charge in [0, 0.05) is 31.1 Å². The van der Waals surface area contributed by atoms with E-state index in [-0.39, 0.29) is 12.5 Å². The number of hydrogen-bond donors (Lipinski definition) is 2. The van der Waals surface area contributed by atoms with E-state index in [0.29, 0.717) is 13.0 Å². The van der Waals surface area contributed by atoms with E-state index in [4.69, 9.17) is 0 Å². The van der Waals surface area contributed by atoms with Gasteiger partial charge in [-0.2, -0.15) is 5.10 Å². The first-order valence-corrected chi connectivity index (χ1v) is 5.91. The molecule has 0 aliphatic carbocycles. The van der Waals surface area contributed by atoms with Crippen LogP contribution in [-0.2, 0) is 17.8 Å². The van der Waals surface area contributed by atoms with Gasteiger partial charge in [0.15, 0.2) is 0 Å². The Bertz CT molecular complexity index is 515. The number of carbonyl (C=O) groups excluding carboxylic acids is 1. The fraction of sp³-hybridized carbons (Fsp3) is 0.417. The van der Waals surface area contributed by atoms with Crippen LogP contribution in [0.5, 0.6) is 0 Å². The predicted octanol–water partition coefficient (Wildman–Crippen LogP) is 0.582. The molecular weight excluding hydrogens is 230 g/mol. The number of aromatic amines is 1. The van der Waals surface area contributed by atoms with Crippen molar-refractivity contribution in [3.05, 3.63) is 35.7 Å². The molecule has 2 rings (SSSR count). The number of rotatable bonds is 5. The molecule has 0 atom stereocenters. The van der Waals surface area contributed by atoms with E-state index >= 15 is 0 Å². The molecule has 96 valence electrons. The Morgan fingerprint density at radius 3 is 2.94 bits per heavy atom. The lowest BCUT2D eigenvalue weighted by Crippen LogP contribution is -2.30. The number of carbonyl (C=O) groups is 1. The molecule has 0 aliphatic heterocycles. The Kier molecular flexibility index (Phi) is 3.76. The Morgan fingerprint density at radius 1 is 1.50 bits per heavy atom. The van der Waals surface area contributed by atoms with Gasteiger partial charge in [0.25, 0.3) is 0 Å². The first-order valence-electron chi connectivity index (χ1n) is 5.91. The molecule has 18 heavy (non-hydrogen) atoms. The molecule has 6 heteroatoms. The lowest BCUT2D eigenvalue weighted by Gasteiger charge is -2.05. The molecule has 2 aromatic heterocycles. The quantitative estimate of drug-likeness (QED) is 0.811. The third-order valence-corrected chi connectivity index (χ3v) is 2.64. The summed E-state index contributed by atoms with van der Waals surface area (Å²) in [6, 6.07) is 1.95. The van der Waals surface area contributed by atoms with Crippen LogP contribution in [0.2, 0.25) is 0 Å². The number of imidazole rings is 1.